The highest BCUT2D eigenvalue weighted by molar-refractivity contribution is 5.96. The van der Waals surface area contributed by atoms with Gasteiger partial charge in [0.15, 0.2) is 0 Å². The van der Waals surface area contributed by atoms with Crippen LogP contribution in [0.3, 0.4) is 0 Å². The second-order valence-electron chi connectivity index (χ2n) is 8.55. The third-order valence-electron chi connectivity index (χ3n) is 4.89. The molecule has 0 aliphatic heterocycles. The van der Waals surface area contributed by atoms with Crippen molar-refractivity contribution in [2.24, 2.45) is 5.41 Å². The van der Waals surface area contributed by atoms with Crippen LogP contribution in [0.25, 0.3) is 16.7 Å². The summed E-state index contributed by atoms with van der Waals surface area (Å²) in [5.41, 5.74) is 3.63. The summed E-state index contributed by atoms with van der Waals surface area (Å²) in [6.07, 6.45) is 0. The first-order chi connectivity index (χ1) is 14.0. The molecule has 0 bridgehead atoms. The van der Waals surface area contributed by atoms with Gasteiger partial charge in [-0.15, -0.1) is 14.1 Å². The lowest BCUT2D eigenvalue weighted by atomic mass is 9.95. The number of aromatic hydroxyl groups is 1. The van der Waals surface area contributed by atoms with Crippen LogP contribution in [-0.2, 0) is 9.59 Å². The standard InChI is InChI=1S/C22H24N4O4/c1-12(2)20(28)30-19-11-18(27)17(9-13(19)3)26-24-15-8-7-14(10-16(15)25(24)26)23-21(29)22(4,5)6/h7-11,27H,1H2,2-6H3,(H,23,29). The Bertz CT molecular complexity index is 1310. The predicted molar refractivity (Wildman–Crippen MR) is 114 cm³/mol. The molecule has 2 N–H and O–H groups in total. The lowest BCUT2D eigenvalue weighted by Crippen LogP contribution is -2.27. The fourth-order valence-corrected chi connectivity index (χ4v) is 3.06. The van der Waals surface area contributed by atoms with E-state index in [0.29, 0.717) is 16.9 Å². The molecule has 156 valence electrons. The number of anilines is 1. The Morgan fingerprint density at radius 3 is 2.40 bits per heavy atom. The molecule has 4 aromatic rings. The van der Waals surface area contributed by atoms with Gasteiger partial charge in [-0.3, -0.25) is 4.79 Å². The Morgan fingerprint density at radius 1 is 1.10 bits per heavy atom. The van der Waals surface area contributed by atoms with Gasteiger partial charge in [-0.1, -0.05) is 27.4 Å². The number of nitrogens with zero attached hydrogens (tertiary/aromatic N) is 3. The number of ether oxygens (including phenoxy) is 1. The average Bonchev–Trinajstić information content (AvgIpc) is 3.30. The smallest absolute Gasteiger partial charge is 0.338 e. The molecule has 4 rings (SSSR count). The van der Waals surface area contributed by atoms with E-state index in [1.165, 1.54) is 6.07 Å². The minimum absolute atomic E-state index is 0.0216. The lowest BCUT2D eigenvalue weighted by molar-refractivity contribution is -0.130. The number of amides is 1. The Balaban J connectivity index is 1.65. The van der Waals surface area contributed by atoms with E-state index in [1.807, 2.05) is 48.2 Å². The van der Waals surface area contributed by atoms with Gasteiger partial charge in [-0.05, 0) is 43.7 Å². The molecule has 2 aromatic carbocycles. The molecule has 1 amide bonds. The van der Waals surface area contributed by atoms with Crippen molar-refractivity contribution in [3.05, 3.63) is 48.0 Å². The van der Waals surface area contributed by atoms with E-state index in [9.17, 15) is 14.7 Å². The van der Waals surface area contributed by atoms with Crippen LogP contribution in [0.1, 0.15) is 33.3 Å². The lowest BCUT2D eigenvalue weighted by Gasteiger charge is -2.17. The third kappa shape index (κ3) is 3.10. The molecule has 30 heavy (non-hydrogen) atoms. The maximum atomic E-state index is 12.2. The third-order valence-corrected chi connectivity index (χ3v) is 4.89. The number of phenolic OH excluding ortho intramolecular Hbond substituents is 1. The number of phenols is 1. The number of carbonyl (C=O) groups excluding carboxylic acids is 2. The van der Waals surface area contributed by atoms with Crippen molar-refractivity contribution >= 4 is 28.6 Å². The zero-order valence-electron chi connectivity index (χ0n) is 17.6. The monoisotopic (exact) mass is 408 g/mol. The summed E-state index contributed by atoms with van der Waals surface area (Å²) in [6.45, 7) is 12.5. The van der Waals surface area contributed by atoms with Gasteiger partial charge in [0.2, 0.25) is 5.91 Å². The number of carbonyl (C=O) groups is 2. The molecule has 8 nitrogen and oxygen atoms in total. The maximum Gasteiger partial charge on any atom is 0.338 e. The zero-order valence-corrected chi connectivity index (χ0v) is 17.6. The molecule has 0 aliphatic rings. The molecule has 0 saturated heterocycles. The van der Waals surface area contributed by atoms with E-state index in [-0.39, 0.29) is 23.0 Å². The molecular weight excluding hydrogens is 384 g/mol. The van der Waals surface area contributed by atoms with Crippen LogP contribution < -0.4 is 10.1 Å². The van der Waals surface area contributed by atoms with Gasteiger partial charge in [0, 0.05) is 22.7 Å². The summed E-state index contributed by atoms with van der Waals surface area (Å²) in [7, 11) is 0. The van der Waals surface area contributed by atoms with Crippen molar-refractivity contribution in [1.82, 2.24) is 14.1 Å². The molecule has 0 saturated carbocycles. The van der Waals surface area contributed by atoms with E-state index in [4.69, 9.17) is 4.74 Å². The van der Waals surface area contributed by atoms with Crippen LogP contribution in [-0.4, -0.2) is 31.0 Å². The Labute approximate surface area is 173 Å². The number of aromatic nitrogens is 3. The molecule has 8 heteroatoms. The van der Waals surface area contributed by atoms with Crippen LogP contribution in [0.2, 0.25) is 0 Å². The van der Waals surface area contributed by atoms with Crippen LogP contribution in [0.15, 0.2) is 42.5 Å². The minimum Gasteiger partial charge on any atom is -0.505 e. The van der Waals surface area contributed by atoms with Gasteiger partial charge in [0.1, 0.15) is 28.2 Å². The maximum absolute atomic E-state index is 12.2. The summed E-state index contributed by atoms with van der Waals surface area (Å²) in [5, 5.41) is 13.4. The Hall–Kier alpha value is -3.68. The number of fused-ring (bicyclic) bond motifs is 4. The number of esters is 1. The van der Waals surface area contributed by atoms with Crippen LogP contribution in [0.4, 0.5) is 5.69 Å². The zero-order chi connectivity index (χ0) is 22.0. The SMILES string of the molecule is C=C(C)C(=O)Oc1cc(O)c(-n2n3c4ccc(NC(=O)C(C)(C)C)cc4n23)cc1C. The number of benzene rings is 2. The number of aryl methyl sites for hydroxylation is 1. The topological polar surface area (TPSA) is 89.4 Å². The molecule has 0 atom stereocenters. The normalized spacial score (nSPS) is 12.0. The largest absolute Gasteiger partial charge is 0.505 e. The quantitative estimate of drug-likeness (QED) is 0.304. The van der Waals surface area contributed by atoms with Crippen molar-refractivity contribution in [2.75, 3.05) is 5.32 Å². The highest BCUT2D eigenvalue weighted by Crippen LogP contribution is 2.35. The van der Waals surface area contributed by atoms with Crippen molar-refractivity contribution in [3.8, 4) is 17.2 Å². The molecule has 0 aliphatic carbocycles. The minimum atomic E-state index is -0.540. The fraction of sp³-hybridized carbons (Fsp3) is 0.273. The molecule has 0 spiro atoms. The predicted octanol–water partition coefficient (Wildman–Crippen LogP) is 3.90. The van der Waals surface area contributed by atoms with E-state index >= 15 is 0 Å². The van der Waals surface area contributed by atoms with Crippen molar-refractivity contribution in [1.29, 1.82) is 0 Å². The summed E-state index contributed by atoms with van der Waals surface area (Å²) < 4.78 is 9.03. The Kier molecular flexibility index (Phi) is 4.20. The van der Waals surface area contributed by atoms with E-state index in [2.05, 4.69) is 11.9 Å². The van der Waals surface area contributed by atoms with Gasteiger partial charge in [0.05, 0.1) is 0 Å². The highest BCUT2D eigenvalue weighted by atomic mass is 16.5. The van der Waals surface area contributed by atoms with Crippen molar-refractivity contribution < 1.29 is 19.4 Å². The summed E-state index contributed by atoms with van der Waals surface area (Å²) >= 11 is 0. The first kappa shape index (κ1) is 19.6. The molecule has 0 unspecified atom stereocenters. The van der Waals surface area contributed by atoms with Crippen molar-refractivity contribution in [3.63, 3.8) is 0 Å². The second kappa shape index (κ2) is 6.41. The number of rotatable bonds is 4. The van der Waals surface area contributed by atoms with Crippen LogP contribution in [0, 0.1) is 12.3 Å². The first-order valence-electron chi connectivity index (χ1n) is 9.56. The average molecular weight is 408 g/mol. The molecule has 2 aromatic heterocycles. The summed E-state index contributed by atoms with van der Waals surface area (Å²) in [5.74, 6) is -0.337. The number of hydrogen-bond donors (Lipinski definition) is 2. The van der Waals surface area contributed by atoms with Crippen LogP contribution in [0.5, 0.6) is 11.5 Å². The van der Waals surface area contributed by atoms with Gasteiger partial charge < -0.3 is 15.2 Å². The van der Waals surface area contributed by atoms with E-state index in [1.54, 1.807) is 24.7 Å². The Morgan fingerprint density at radius 2 is 1.77 bits per heavy atom. The number of hydrogen-bond acceptors (Lipinski definition) is 4. The van der Waals surface area contributed by atoms with Crippen molar-refractivity contribution in [2.45, 2.75) is 34.6 Å². The van der Waals surface area contributed by atoms with Gasteiger partial charge >= 0.3 is 5.97 Å². The molecule has 2 heterocycles. The molecule has 0 fully saturated rings. The first-order valence-corrected chi connectivity index (χ1v) is 9.56. The van der Waals surface area contributed by atoms with Gasteiger partial charge in [-0.2, -0.15) is 0 Å². The summed E-state index contributed by atoms with van der Waals surface area (Å²) in [4.78, 5) is 25.8. The van der Waals surface area contributed by atoms with E-state index in [0.717, 1.165) is 11.0 Å². The second-order valence-corrected chi connectivity index (χ2v) is 8.55. The van der Waals surface area contributed by atoms with Gasteiger partial charge in [0.25, 0.3) is 0 Å². The van der Waals surface area contributed by atoms with Crippen LogP contribution >= 0.6 is 0 Å². The molecule has 0 radical (unpaired) electrons. The van der Waals surface area contributed by atoms with Gasteiger partial charge in [-0.25, -0.2) is 4.79 Å². The number of nitrogens with one attached hydrogen (secondary N) is 1. The molecular formula is C22H24N4O4. The fourth-order valence-electron chi connectivity index (χ4n) is 3.06. The highest BCUT2D eigenvalue weighted by Gasteiger charge is 2.28. The van der Waals surface area contributed by atoms with E-state index < -0.39 is 11.4 Å². The summed E-state index contributed by atoms with van der Waals surface area (Å²) in [6, 6.07) is 8.82.